The summed E-state index contributed by atoms with van der Waals surface area (Å²) in [4.78, 5) is 2.45. The molecule has 1 aromatic rings. The van der Waals surface area contributed by atoms with Gasteiger partial charge in [0.2, 0.25) is 0 Å². The minimum absolute atomic E-state index is 0.00443. The number of fused-ring (bicyclic) bond motifs is 2. The summed E-state index contributed by atoms with van der Waals surface area (Å²) in [6.07, 6.45) is 2.83. The van der Waals surface area contributed by atoms with Crippen LogP contribution in [0, 0.1) is 10.8 Å². The van der Waals surface area contributed by atoms with Crippen LogP contribution in [-0.2, 0) is 6.61 Å². The van der Waals surface area contributed by atoms with E-state index < -0.39 is 12.2 Å². The van der Waals surface area contributed by atoms with Gasteiger partial charge in [-0.05, 0) is 41.2 Å². The third-order valence-corrected chi connectivity index (χ3v) is 6.01. The Morgan fingerprint density at radius 1 is 1.12 bits per heavy atom. The summed E-state index contributed by atoms with van der Waals surface area (Å²) < 4.78 is 0. The van der Waals surface area contributed by atoms with Crippen LogP contribution in [0.4, 0.5) is 0 Å². The molecule has 4 nitrogen and oxygen atoms in total. The lowest BCUT2D eigenvalue weighted by molar-refractivity contribution is 0.0465. The molecule has 2 aliphatic rings. The van der Waals surface area contributed by atoms with E-state index in [9.17, 15) is 10.2 Å². The average Bonchev–Trinajstić information content (AvgIpc) is 2.75. The maximum absolute atomic E-state index is 10.5. The fourth-order valence-corrected chi connectivity index (χ4v) is 5.37. The topological polar surface area (TPSA) is 63.9 Å². The first-order chi connectivity index (χ1) is 11.7. The SMILES string of the molecule is CC1(C)CC2CC(C)(CN2C[C@@H](O)C[C@@H](O)c2ccc(CO)cc2)C1. The largest absolute Gasteiger partial charge is 0.392 e. The number of β-amino-alcohol motifs (C(OH)–C–C–N with tert-alkyl or cyclic N) is 1. The Balaban J connectivity index is 1.56. The van der Waals surface area contributed by atoms with Crippen LogP contribution in [0.5, 0.6) is 0 Å². The monoisotopic (exact) mass is 347 g/mol. The van der Waals surface area contributed by atoms with Crippen LogP contribution in [-0.4, -0.2) is 45.5 Å². The van der Waals surface area contributed by atoms with Crippen molar-refractivity contribution in [3.63, 3.8) is 0 Å². The quantitative estimate of drug-likeness (QED) is 0.740. The van der Waals surface area contributed by atoms with Crippen molar-refractivity contribution in [2.45, 2.75) is 71.3 Å². The highest BCUT2D eigenvalue weighted by Crippen LogP contribution is 2.52. The molecule has 0 amide bonds. The maximum atomic E-state index is 10.5. The molecular weight excluding hydrogens is 314 g/mol. The molecule has 2 fully saturated rings. The van der Waals surface area contributed by atoms with Gasteiger partial charge in [-0.25, -0.2) is 0 Å². The van der Waals surface area contributed by atoms with E-state index in [1.807, 2.05) is 24.3 Å². The molecule has 1 saturated heterocycles. The van der Waals surface area contributed by atoms with Crippen molar-refractivity contribution in [2.75, 3.05) is 13.1 Å². The third-order valence-electron chi connectivity index (χ3n) is 6.01. The van der Waals surface area contributed by atoms with Gasteiger partial charge in [0.25, 0.3) is 0 Å². The molecule has 4 heteroatoms. The Morgan fingerprint density at radius 3 is 2.44 bits per heavy atom. The van der Waals surface area contributed by atoms with E-state index in [2.05, 4.69) is 25.7 Å². The van der Waals surface area contributed by atoms with Gasteiger partial charge in [-0.2, -0.15) is 0 Å². The number of hydrogen-bond acceptors (Lipinski definition) is 4. The van der Waals surface area contributed by atoms with Crippen LogP contribution in [0.15, 0.2) is 24.3 Å². The zero-order chi connectivity index (χ0) is 18.2. The van der Waals surface area contributed by atoms with Crippen LogP contribution in [0.25, 0.3) is 0 Å². The predicted octanol–water partition coefficient (Wildman–Crippen LogP) is 2.86. The van der Waals surface area contributed by atoms with Crippen molar-refractivity contribution in [3.05, 3.63) is 35.4 Å². The second kappa shape index (κ2) is 6.99. The van der Waals surface area contributed by atoms with Crippen LogP contribution in [0.2, 0.25) is 0 Å². The molecule has 1 heterocycles. The fraction of sp³-hybridized carbons (Fsp3) is 0.714. The molecule has 4 atom stereocenters. The number of hydrogen-bond donors (Lipinski definition) is 3. The Morgan fingerprint density at radius 2 is 1.80 bits per heavy atom. The number of benzene rings is 1. The minimum atomic E-state index is -0.670. The number of aliphatic hydroxyl groups is 3. The zero-order valence-corrected chi connectivity index (χ0v) is 15.8. The Labute approximate surface area is 151 Å². The molecule has 1 aliphatic carbocycles. The van der Waals surface area contributed by atoms with Crippen LogP contribution < -0.4 is 0 Å². The van der Waals surface area contributed by atoms with Gasteiger partial charge in [0.15, 0.2) is 0 Å². The van der Waals surface area contributed by atoms with Crippen molar-refractivity contribution in [1.82, 2.24) is 4.90 Å². The van der Waals surface area contributed by atoms with Crippen molar-refractivity contribution < 1.29 is 15.3 Å². The van der Waals surface area contributed by atoms with Gasteiger partial charge in [-0.3, -0.25) is 4.90 Å². The van der Waals surface area contributed by atoms with Gasteiger partial charge in [0.1, 0.15) is 0 Å². The van der Waals surface area contributed by atoms with Gasteiger partial charge < -0.3 is 15.3 Å². The standard InChI is InChI=1S/C21H33NO3/c1-20(2)9-17-10-21(3,13-20)14-22(17)11-18(24)8-19(25)16-6-4-15(12-23)5-7-16/h4-7,17-19,23-25H,8-14H2,1-3H3/t17?,18-,19+,21?/m0/s1. The molecule has 140 valence electrons. The molecular formula is C21H33NO3. The molecule has 0 spiro atoms. The van der Waals surface area contributed by atoms with E-state index in [4.69, 9.17) is 5.11 Å². The summed E-state index contributed by atoms with van der Waals surface area (Å²) >= 11 is 0. The molecule has 25 heavy (non-hydrogen) atoms. The van der Waals surface area contributed by atoms with Crippen molar-refractivity contribution in [2.24, 2.45) is 10.8 Å². The first kappa shape index (κ1) is 18.8. The molecule has 3 rings (SSSR count). The van der Waals surface area contributed by atoms with Gasteiger partial charge in [0, 0.05) is 25.6 Å². The number of rotatable bonds is 6. The summed E-state index contributed by atoms with van der Waals surface area (Å²) in [5, 5.41) is 30.0. The van der Waals surface area contributed by atoms with Gasteiger partial charge >= 0.3 is 0 Å². The van der Waals surface area contributed by atoms with E-state index in [0.717, 1.165) is 17.7 Å². The van der Waals surface area contributed by atoms with E-state index >= 15 is 0 Å². The number of nitrogens with zero attached hydrogens (tertiary/aromatic N) is 1. The Kier molecular flexibility index (Phi) is 5.27. The highest BCUT2D eigenvalue weighted by Gasteiger charge is 2.49. The lowest BCUT2D eigenvalue weighted by Crippen LogP contribution is -2.38. The summed E-state index contributed by atoms with van der Waals surface area (Å²) in [6.45, 7) is 8.80. The summed E-state index contributed by atoms with van der Waals surface area (Å²) in [5.74, 6) is 0. The Bertz CT molecular complexity index is 585. The lowest BCUT2D eigenvalue weighted by Gasteiger charge is -2.40. The predicted molar refractivity (Wildman–Crippen MR) is 99.0 cm³/mol. The van der Waals surface area contributed by atoms with Crippen molar-refractivity contribution in [3.8, 4) is 0 Å². The lowest BCUT2D eigenvalue weighted by atomic mass is 9.65. The van der Waals surface area contributed by atoms with Crippen LogP contribution in [0.3, 0.4) is 0 Å². The number of likely N-dealkylation sites (tertiary alicyclic amines) is 1. The molecule has 2 bridgehead atoms. The van der Waals surface area contributed by atoms with Crippen LogP contribution in [0.1, 0.15) is 63.7 Å². The van der Waals surface area contributed by atoms with Crippen molar-refractivity contribution >= 4 is 0 Å². The average molecular weight is 347 g/mol. The summed E-state index contributed by atoms with van der Waals surface area (Å²) in [6, 6.07) is 7.85. The van der Waals surface area contributed by atoms with E-state index in [0.29, 0.717) is 29.8 Å². The van der Waals surface area contributed by atoms with E-state index in [-0.39, 0.29) is 6.61 Å². The minimum Gasteiger partial charge on any atom is -0.392 e. The van der Waals surface area contributed by atoms with E-state index in [1.54, 1.807) is 0 Å². The highest BCUT2D eigenvalue weighted by atomic mass is 16.3. The second-order valence-corrected chi connectivity index (χ2v) is 9.45. The Hall–Kier alpha value is -0.940. The maximum Gasteiger partial charge on any atom is 0.0815 e. The van der Waals surface area contributed by atoms with E-state index in [1.165, 1.54) is 19.3 Å². The van der Waals surface area contributed by atoms with Gasteiger partial charge in [-0.1, -0.05) is 45.0 Å². The third kappa shape index (κ3) is 4.43. The van der Waals surface area contributed by atoms with Gasteiger partial charge in [-0.15, -0.1) is 0 Å². The number of aliphatic hydroxyl groups excluding tert-OH is 3. The molecule has 1 saturated carbocycles. The second-order valence-electron chi connectivity index (χ2n) is 9.45. The summed E-state index contributed by atoms with van der Waals surface area (Å²) in [5.41, 5.74) is 2.37. The molecule has 1 aromatic carbocycles. The fourth-order valence-electron chi connectivity index (χ4n) is 5.37. The smallest absolute Gasteiger partial charge is 0.0815 e. The van der Waals surface area contributed by atoms with Gasteiger partial charge in [0.05, 0.1) is 18.8 Å². The first-order valence-electron chi connectivity index (χ1n) is 9.50. The molecule has 1 aliphatic heterocycles. The summed E-state index contributed by atoms with van der Waals surface area (Å²) in [7, 11) is 0. The van der Waals surface area contributed by atoms with Crippen molar-refractivity contribution in [1.29, 1.82) is 0 Å². The first-order valence-corrected chi connectivity index (χ1v) is 9.50. The normalized spacial score (nSPS) is 31.0. The molecule has 0 aromatic heterocycles. The molecule has 2 unspecified atom stereocenters. The highest BCUT2D eigenvalue weighted by molar-refractivity contribution is 5.23. The molecule has 0 radical (unpaired) electrons. The van der Waals surface area contributed by atoms with Crippen LogP contribution >= 0.6 is 0 Å². The zero-order valence-electron chi connectivity index (χ0n) is 15.8. The molecule has 3 N–H and O–H groups in total.